The summed E-state index contributed by atoms with van der Waals surface area (Å²) in [6.45, 7) is 6.69. The first-order chi connectivity index (χ1) is 4.31. The minimum Gasteiger partial charge on any atom is -0.396 e. The van der Waals surface area contributed by atoms with Gasteiger partial charge in [-0.1, -0.05) is 6.08 Å². The Balaban J connectivity index is 3.04. The maximum Gasteiger partial charge on any atom is 0.0445 e. The van der Waals surface area contributed by atoms with Gasteiger partial charge in [-0.2, -0.15) is 0 Å². The first-order valence-electron chi connectivity index (χ1n) is 3.26. The Morgan fingerprint density at radius 2 is 2.44 bits per heavy atom. The van der Waals surface area contributed by atoms with E-state index in [1.54, 1.807) is 0 Å². The maximum absolute atomic E-state index is 8.47. The molecule has 0 aromatic carbocycles. The summed E-state index contributed by atoms with van der Waals surface area (Å²) in [6, 6.07) is 0.396. The van der Waals surface area contributed by atoms with Crippen LogP contribution in [0.1, 0.15) is 13.3 Å². The molecule has 0 heterocycles. The van der Waals surface area contributed by atoms with Crippen LogP contribution < -0.4 is 5.32 Å². The molecular formula is C7H15NO. The van der Waals surface area contributed by atoms with Gasteiger partial charge in [0, 0.05) is 19.2 Å². The molecule has 0 aromatic heterocycles. The fourth-order valence-corrected chi connectivity index (χ4v) is 0.580. The van der Waals surface area contributed by atoms with E-state index in [1.165, 1.54) is 0 Å². The molecule has 2 heteroatoms. The van der Waals surface area contributed by atoms with Gasteiger partial charge in [0.1, 0.15) is 0 Å². The topological polar surface area (TPSA) is 32.3 Å². The summed E-state index contributed by atoms with van der Waals surface area (Å²) in [6.07, 6.45) is 2.63. The molecule has 9 heavy (non-hydrogen) atoms. The summed E-state index contributed by atoms with van der Waals surface area (Å²) in [4.78, 5) is 0. The van der Waals surface area contributed by atoms with Gasteiger partial charge in [0.15, 0.2) is 0 Å². The van der Waals surface area contributed by atoms with E-state index in [1.807, 2.05) is 13.0 Å². The lowest BCUT2D eigenvalue weighted by atomic mass is 10.2. The second-order valence-electron chi connectivity index (χ2n) is 2.11. The summed E-state index contributed by atoms with van der Waals surface area (Å²) >= 11 is 0. The largest absolute Gasteiger partial charge is 0.396 e. The van der Waals surface area contributed by atoms with Gasteiger partial charge in [0.25, 0.3) is 0 Å². The molecule has 1 atom stereocenters. The van der Waals surface area contributed by atoms with E-state index in [0.29, 0.717) is 6.04 Å². The second kappa shape index (κ2) is 5.79. The fourth-order valence-electron chi connectivity index (χ4n) is 0.580. The molecule has 0 amide bonds. The van der Waals surface area contributed by atoms with Crippen molar-refractivity contribution >= 4 is 0 Å². The van der Waals surface area contributed by atoms with Crippen molar-refractivity contribution in [1.29, 1.82) is 0 Å². The van der Waals surface area contributed by atoms with Crippen LogP contribution in [0.4, 0.5) is 0 Å². The Bertz CT molecular complexity index is 73.3. The highest BCUT2D eigenvalue weighted by Crippen LogP contribution is 1.86. The van der Waals surface area contributed by atoms with E-state index >= 15 is 0 Å². The first-order valence-corrected chi connectivity index (χ1v) is 3.26. The summed E-state index contributed by atoms with van der Waals surface area (Å²) in [5, 5.41) is 11.6. The van der Waals surface area contributed by atoms with Crippen LogP contribution in [0.3, 0.4) is 0 Å². The van der Waals surface area contributed by atoms with Crippen LogP contribution in [0.25, 0.3) is 0 Å². The Morgan fingerprint density at radius 3 is 2.89 bits per heavy atom. The molecule has 0 aliphatic carbocycles. The number of aliphatic hydroxyl groups excluding tert-OH is 1. The Labute approximate surface area is 56.6 Å². The smallest absolute Gasteiger partial charge is 0.0445 e. The SMILES string of the molecule is C=CCN[C@@H](C)CCO. The predicted octanol–water partition coefficient (Wildman–Crippen LogP) is 0.533. The van der Waals surface area contributed by atoms with Crippen molar-refractivity contribution in [2.75, 3.05) is 13.2 Å². The third kappa shape index (κ3) is 5.53. The molecule has 0 saturated heterocycles. The molecule has 0 radical (unpaired) electrons. The number of rotatable bonds is 5. The van der Waals surface area contributed by atoms with Crippen LogP contribution in [-0.4, -0.2) is 24.3 Å². The Hall–Kier alpha value is -0.340. The molecule has 0 fully saturated rings. The van der Waals surface area contributed by atoms with E-state index in [0.717, 1.165) is 13.0 Å². The van der Waals surface area contributed by atoms with Crippen molar-refractivity contribution in [3.63, 3.8) is 0 Å². The zero-order valence-electron chi connectivity index (χ0n) is 5.93. The molecule has 0 aromatic rings. The normalized spacial score (nSPS) is 13.1. The zero-order chi connectivity index (χ0) is 7.11. The molecule has 0 rings (SSSR count). The number of hydrogen-bond acceptors (Lipinski definition) is 2. The standard InChI is InChI=1S/C7H15NO/c1-3-5-8-7(2)4-6-9/h3,7-9H,1,4-6H2,2H3/t7-/m0/s1. The van der Waals surface area contributed by atoms with Gasteiger partial charge in [-0.15, -0.1) is 6.58 Å². The van der Waals surface area contributed by atoms with Gasteiger partial charge in [-0.05, 0) is 13.3 Å². The maximum atomic E-state index is 8.47. The van der Waals surface area contributed by atoms with Gasteiger partial charge < -0.3 is 10.4 Å². The minimum absolute atomic E-state index is 0.255. The highest BCUT2D eigenvalue weighted by atomic mass is 16.3. The average Bonchev–Trinajstić information content (AvgIpc) is 1.85. The molecule has 0 bridgehead atoms. The van der Waals surface area contributed by atoms with E-state index in [4.69, 9.17) is 5.11 Å². The van der Waals surface area contributed by atoms with Gasteiger partial charge >= 0.3 is 0 Å². The summed E-state index contributed by atoms with van der Waals surface area (Å²) in [5.41, 5.74) is 0. The molecule has 0 spiro atoms. The second-order valence-corrected chi connectivity index (χ2v) is 2.11. The number of hydrogen-bond donors (Lipinski definition) is 2. The molecule has 2 N–H and O–H groups in total. The minimum atomic E-state index is 0.255. The monoisotopic (exact) mass is 129 g/mol. The van der Waals surface area contributed by atoms with Crippen molar-refractivity contribution < 1.29 is 5.11 Å². The predicted molar refractivity (Wildman–Crippen MR) is 39.4 cm³/mol. The molecule has 0 unspecified atom stereocenters. The summed E-state index contributed by atoms with van der Waals surface area (Å²) in [5.74, 6) is 0. The highest BCUT2D eigenvalue weighted by Gasteiger charge is 1.95. The lowest BCUT2D eigenvalue weighted by molar-refractivity contribution is 0.270. The molecule has 0 saturated carbocycles. The lowest BCUT2D eigenvalue weighted by Gasteiger charge is -2.08. The van der Waals surface area contributed by atoms with Gasteiger partial charge in [-0.25, -0.2) is 0 Å². The van der Waals surface area contributed by atoms with Gasteiger partial charge in [0.2, 0.25) is 0 Å². The van der Waals surface area contributed by atoms with Crippen LogP contribution in [0.15, 0.2) is 12.7 Å². The van der Waals surface area contributed by atoms with E-state index in [2.05, 4.69) is 11.9 Å². The van der Waals surface area contributed by atoms with E-state index < -0.39 is 0 Å². The third-order valence-electron chi connectivity index (χ3n) is 1.17. The molecule has 0 aliphatic heterocycles. The van der Waals surface area contributed by atoms with Gasteiger partial charge in [-0.3, -0.25) is 0 Å². The van der Waals surface area contributed by atoms with Crippen molar-refractivity contribution in [2.45, 2.75) is 19.4 Å². The quantitative estimate of drug-likeness (QED) is 0.531. The van der Waals surface area contributed by atoms with Crippen LogP contribution in [0.2, 0.25) is 0 Å². The first kappa shape index (κ1) is 8.66. The van der Waals surface area contributed by atoms with E-state index in [-0.39, 0.29) is 6.61 Å². The lowest BCUT2D eigenvalue weighted by Crippen LogP contribution is -2.26. The third-order valence-corrected chi connectivity index (χ3v) is 1.17. The Morgan fingerprint density at radius 1 is 1.78 bits per heavy atom. The molecule has 0 aliphatic rings. The Kier molecular flexibility index (Phi) is 5.57. The van der Waals surface area contributed by atoms with E-state index in [9.17, 15) is 0 Å². The summed E-state index contributed by atoms with van der Waals surface area (Å²) in [7, 11) is 0. The van der Waals surface area contributed by atoms with Crippen molar-refractivity contribution in [3.8, 4) is 0 Å². The number of aliphatic hydroxyl groups is 1. The average molecular weight is 129 g/mol. The fraction of sp³-hybridized carbons (Fsp3) is 0.714. The highest BCUT2D eigenvalue weighted by molar-refractivity contribution is 4.72. The van der Waals surface area contributed by atoms with Crippen molar-refractivity contribution in [1.82, 2.24) is 5.32 Å². The van der Waals surface area contributed by atoms with Crippen LogP contribution in [0.5, 0.6) is 0 Å². The van der Waals surface area contributed by atoms with Gasteiger partial charge in [0.05, 0.1) is 0 Å². The van der Waals surface area contributed by atoms with Crippen LogP contribution in [-0.2, 0) is 0 Å². The van der Waals surface area contributed by atoms with Crippen LogP contribution in [0, 0.1) is 0 Å². The molecule has 54 valence electrons. The number of nitrogens with one attached hydrogen (secondary N) is 1. The van der Waals surface area contributed by atoms with Crippen LogP contribution >= 0.6 is 0 Å². The van der Waals surface area contributed by atoms with Crippen molar-refractivity contribution in [2.24, 2.45) is 0 Å². The molecular weight excluding hydrogens is 114 g/mol. The molecule has 2 nitrogen and oxygen atoms in total. The summed E-state index contributed by atoms with van der Waals surface area (Å²) < 4.78 is 0. The van der Waals surface area contributed by atoms with Crippen molar-refractivity contribution in [3.05, 3.63) is 12.7 Å². The zero-order valence-corrected chi connectivity index (χ0v) is 5.93.